The lowest BCUT2D eigenvalue weighted by Gasteiger charge is -2.29. The molecule has 1 unspecified atom stereocenters. The van der Waals surface area contributed by atoms with E-state index in [1.54, 1.807) is 11.0 Å². The van der Waals surface area contributed by atoms with Gasteiger partial charge >= 0.3 is 12.1 Å². The number of nitrogens with zero attached hydrogens (tertiary/aromatic N) is 1. The maximum absolute atomic E-state index is 12.4. The maximum Gasteiger partial charge on any atom is 0.410 e. The Morgan fingerprint density at radius 3 is 2.57 bits per heavy atom. The van der Waals surface area contributed by atoms with Gasteiger partial charge in [-0.05, 0) is 57.7 Å². The van der Waals surface area contributed by atoms with E-state index in [-0.39, 0.29) is 18.1 Å². The van der Waals surface area contributed by atoms with Crippen molar-refractivity contribution in [3.8, 4) is 0 Å². The maximum atomic E-state index is 12.4. The zero-order valence-electron chi connectivity index (χ0n) is 14.5. The Labute approximate surface area is 137 Å². The minimum absolute atomic E-state index is 0.0607. The minimum Gasteiger partial charge on any atom is -0.465 e. The number of rotatable bonds is 2. The summed E-state index contributed by atoms with van der Waals surface area (Å²) in [6.07, 6.45) is 1.49. The van der Waals surface area contributed by atoms with E-state index in [1.807, 2.05) is 39.8 Å². The molecule has 0 bridgehead atoms. The Kier molecular flexibility index (Phi) is 4.97. The van der Waals surface area contributed by atoms with E-state index in [0.717, 1.165) is 24.0 Å². The van der Waals surface area contributed by atoms with Crippen molar-refractivity contribution < 1.29 is 19.1 Å². The predicted octanol–water partition coefficient (Wildman–Crippen LogP) is 3.85. The number of benzene rings is 1. The van der Waals surface area contributed by atoms with Gasteiger partial charge in [0.05, 0.1) is 18.7 Å². The molecule has 1 fully saturated rings. The predicted molar refractivity (Wildman–Crippen MR) is 87.4 cm³/mol. The average Bonchev–Trinajstić information content (AvgIpc) is 2.94. The molecule has 1 aliphatic heterocycles. The highest BCUT2D eigenvalue weighted by Crippen LogP contribution is 2.35. The molecule has 0 N–H and O–H groups in total. The van der Waals surface area contributed by atoms with Gasteiger partial charge in [0.15, 0.2) is 0 Å². The van der Waals surface area contributed by atoms with Gasteiger partial charge in [0.25, 0.3) is 0 Å². The molecule has 1 aliphatic rings. The van der Waals surface area contributed by atoms with Crippen LogP contribution in [0.5, 0.6) is 0 Å². The number of likely N-dealkylation sites (tertiary alicyclic amines) is 1. The first-order valence-corrected chi connectivity index (χ1v) is 7.92. The van der Waals surface area contributed by atoms with Crippen molar-refractivity contribution in [2.45, 2.75) is 52.2 Å². The van der Waals surface area contributed by atoms with Crippen molar-refractivity contribution in [1.82, 2.24) is 4.90 Å². The summed E-state index contributed by atoms with van der Waals surface area (Å²) >= 11 is 0. The molecule has 1 aromatic carbocycles. The Balaban J connectivity index is 2.30. The molecule has 0 aromatic heterocycles. The first-order chi connectivity index (χ1) is 10.7. The van der Waals surface area contributed by atoms with Gasteiger partial charge in [-0.15, -0.1) is 0 Å². The van der Waals surface area contributed by atoms with Gasteiger partial charge in [-0.25, -0.2) is 9.59 Å². The lowest BCUT2D eigenvalue weighted by Crippen LogP contribution is -2.36. The normalized spacial score (nSPS) is 18.0. The minimum atomic E-state index is -0.521. The first kappa shape index (κ1) is 17.3. The summed E-state index contributed by atoms with van der Waals surface area (Å²) in [6.45, 7) is 8.14. The van der Waals surface area contributed by atoms with E-state index < -0.39 is 5.60 Å². The number of methoxy groups -OCH3 is 1. The van der Waals surface area contributed by atoms with E-state index in [0.29, 0.717) is 12.1 Å². The third kappa shape index (κ3) is 3.84. The molecule has 126 valence electrons. The summed E-state index contributed by atoms with van der Waals surface area (Å²) in [4.78, 5) is 26.1. The number of carbonyl (C=O) groups excluding carboxylic acids is 2. The molecule has 5 nitrogen and oxygen atoms in total. The van der Waals surface area contributed by atoms with Crippen LogP contribution in [0.4, 0.5) is 4.79 Å². The van der Waals surface area contributed by atoms with E-state index in [1.165, 1.54) is 7.11 Å². The number of ether oxygens (including phenoxy) is 2. The van der Waals surface area contributed by atoms with Gasteiger partial charge in [0, 0.05) is 6.54 Å². The van der Waals surface area contributed by atoms with E-state index in [4.69, 9.17) is 9.47 Å². The van der Waals surface area contributed by atoms with Crippen molar-refractivity contribution in [2.75, 3.05) is 13.7 Å². The van der Waals surface area contributed by atoms with Crippen LogP contribution in [0.3, 0.4) is 0 Å². The first-order valence-electron chi connectivity index (χ1n) is 7.92. The van der Waals surface area contributed by atoms with Gasteiger partial charge in [0.1, 0.15) is 5.60 Å². The van der Waals surface area contributed by atoms with Gasteiger partial charge < -0.3 is 14.4 Å². The van der Waals surface area contributed by atoms with Gasteiger partial charge in [0.2, 0.25) is 0 Å². The zero-order chi connectivity index (χ0) is 17.2. The smallest absolute Gasteiger partial charge is 0.410 e. The van der Waals surface area contributed by atoms with E-state index in [9.17, 15) is 9.59 Å². The Bertz CT molecular complexity index is 604. The molecule has 1 heterocycles. The van der Waals surface area contributed by atoms with Gasteiger partial charge in [-0.2, -0.15) is 0 Å². The summed E-state index contributed by atoms with van der Waals surface area (Å²) in [5.41, 5.74) is 1.87. The summed E-state index contributed by atoms with van der Waals surface area (Å²) < 4.78 is 10.3. The summed E-state index contributed by atoms with van der Waals surface area (Å²) in [5, 5.41) is 0. The van der Waals surface area contributed by atoms with Crippen LogP contribution < -0.4 is 0 Å². The third-order valence-corrected chi connectivity index (χ3v) is 4.02. The van der Waals surface area contributed by atoms with Crippen molar-refractivity contribution in [2.24, 2.45) is 0 Å². The molecule has 1 atom stereocenters. The van der Waals surface area contributed by atoms with Crippen LogP contribution in [0.15, 0.2) is 18.2 Å². The number of amides is 1. The van der Waals surface area contributed by atoms with Crippen molar-refractivity contribution in [1.29, 1.82) is 0 Å². The van der Waals surface area contributed by atoms with Crippen LogP contribution in [0.1, 0.15) is 61.1 Å². The zero-order valence-corrected chi connectivity index (χ0v) is 14.5. The van der Waals surface area contributed by atoms with Crippen molar-refractivity contribution in [3.63, 3.8) is 0 Å². The molecular weight excluding hydrogens is 294 g/mol. The Morgan fingerprint density at radius 1 is 1.26 bits per heavy atom. The molecule has 1 saturated heterocycles. The Hall–Kier alpha value is -2.04. The van der Waals surface area contributed by atoms with E-state index >= 15 is 0 Å². The molecule has 1 amide bonds. The Morgan fingerprint density at radius 2 is 1.96 bits per heavy atom. The molecule has 0 aliphatic carbocycles. The van der Waals surface area contributed by atoms with Crippen molar-refractivity contribution in [3.05, 3.63) is 34.9 Å². The molecule has 0 spiro atoms. The van der Waals surface area contributed by atoms with Crippen LogP contribution in [0, 0.1) is 6.92 Å². The highest BCUT2D eigenvalue weighted by molar-refractivity contribution is 5.91. The molecule has 0 radical (unpaired) electrons. The summed E-state index contributed by atoms with van der Waals surface area (Å²) in [6, 6.07) is 5.49. The molecule has 23 heavy (non-hydrogen) atoms. The van der Waals surface area contributed by atoms with Crippen LogP contribution in [0.2, 0.25) is 0 Å². The van der Waals surface area contributed by atoms with Gasteiger partial charge in [-0.3, -0.25) is 0 Å². The fourth-order valence-corrected chi connectivity index (χ4v) is 2.97. The lowest BCUT2D eigenvalue weighted by molar-refractivity contribution is 0.0224. The third-order valence-electron chi connectivity index (χ3n) is 4.02. The topological polar surface area (TPSA) is 55.8 Å². The fourth-order valence-electron chi connectivity index (χ4n) is 2.97. The average molecular weight is 319 g/mol. The van der Waals surface area contributed by atoms with Crippen LogP contribution in [-0.4, -0.2) is 36.2 Å². The van der Waals surface area contributed by atoms with E-state index in [2.05, 4.69) is 0 Å². The second-order valence-electron chi connectivity index (χ2n) is 6.84. The standard InChI is InChI=1S/C18H25NO4/c1-12-13(8-6-9-14(12)16(20)22-5)15-10-7-11-19(15)17(21)23-18(2,3)4/h6,8-9,15H,7,10-11H2,1-5H3. The number of hydrogen-bond donors (Lipinski definition) is 0. The quantitative estimate of drug-likeness (QED) is 0.777. The monoisotopic (exact) mass is 319 g/mol. The molecule has 5 heteroatoms. The van der Waals surface area contributed by atoms with Crippen LogP contribution in [-0.2, 0) is 9.47 Å². The summed E-state index contributed by atoms with van der Waals surface area (Å²) in [5.74, 6) is -0.355. The number of carbonyl (C=O) groups is 2. The SMILES string of the molecule is COC(=O)c1cccc(C2CCCN2C(=O)OC(C)(C)C)c1C. The van der Waals surface area contributed by atoms with Crippen molar-refractivity contribution >= 4 is 12.1 Å². The largest absolute Gasteiger partial charge is 0.465 e. The van der Waals surface area contributed by atoms with Crippen LogP contribution >= 0.6 is 0 Å². The molecule has 0 saturated carbocycles. The highest BCUT2D eigenvalue weighted by Gasteiger charge is 2.34. The second kappa shape index (κ2) is 6.60. The summed E-state index contributed by atoms with van der Waals surface area (Å²) in [7, 11) is 1.37. The fraction of sp³-hybridized carbons (Fsp3) is 0.556. The highest BCUT2D eigenvalue weighted by atomic mass is 16.6. The number of esters is 1. The molecular formula is C18H25NO4. The molecule has 1 aromatic rings. The molecule has 2 rings (SSSR count). The van der Waals surface area contributed by atoms with Crippen LogP contribution in [0.25, 0.3) is 0 Å². The van der Waals surface area contributed by atoms with Gasteiger partial charge in [-0.1, -0.05) is 12.1 Å². The second-order valence-corrected chi connectivity index (χ2v) is 6.84. The number of hydrogen-bond acceptors (Lipinski definition) is 4. The lowest BCUT2D eigenvalue weighted by atomic mass is 9.95.